The third-order valence-electron chi connectivity index (χ3n) is 1.85. The van der Waals surface area contributed by atoms with Gasteiger partial charge in [-0.3, -0.25) is 9.78 Å². The monoisotopic (exact) mass is 206 g/mol. The normalized spacial score (nSPS) is 9.67. The first-order chi connectivity index (χ1) is 7.27. The molecule has 1 heterocycles. The average molecular weight is 206 g/mol. The molecule has 0 unspecified atom stereocenters. The average Bonchev–Trinajstić information content (AvgIpc) is 2.29. The van der Waals surface area contributed by atoms with E-state index in [2.05, 4.69) is 16.9 Å². The van der Waals surface area contributed by atoms with E-state index in [0.717, 1.165) is 0 Å². The summed E-state index contributed by atoms with van der Waals surface area (Å²) >= 11 is 0. The maximum Gasteiger partial charge on any atom is 0.178 e. The highest BCUT2D eigenvalue weighted by molar-refractivity contribution is 5.97. The number of rotatable bonds is 6. The summed E-state index contributed by atoms with van der Waals surface area (Å²) in [5.41, 5.74) is 0.547. The fourth-order valence-corrected chi connectivity index (χ4v) is 1.07. The molecule has 1 aromatic rings. The number of carbonyl (C=O) groups is 1. The van der Waals surface area contributed by atoms with E-state index in [4.69, 9.17) is 4.74 Å². The number of methoxy groups -OCH3 is 1. The van der Waals surface area contributed by atoms with Crippen LogP contribution in [-0.2, 0) is 0 Å². The Balaban J connectivity index is 2.60. The van der Waals surface area contributed by atoms with Crippen molar-refractivity contribution in [3.63, 3.8) is 0 Å². The molecule has 0 amide bonds. The van der Waals surface area contributed by atoms with Crippen LogP contribution in [0.15, 0.2) is 31.1 Å². The van der Waals surface area contributed by atoms with Crippen molar-refractivity contribution >= 4 is 5.78 Å². The first-order valence-corrected chi connectivity index (χ1v) is 4.61. The largest absolute Gasteiger partial charge is 0.495 e. The molecule has 1 aromatic heterocycles. The second-order valence-electron chi connectivity index (χ2n) is 2.96. The molecule has 0 spiro atoms. The second-order valence-corrected chi connectivity index (χ2v) is 2.96. The lowest BCUT2D eigenvalue weighted by Crippen LogP contribution is -2.23. The Hall–Kier alpha value is -1.68. The van der Waals surface area contributed by atoms with Gasteiger partial charge >= 0.3 is 0 Å². The summed E-state index contributed by atoms with van der Waals surface area (Å²) in [4.78, 5) is 15.5. The van der Waals surface area contributed by atoms with Crippen LogP contribution < -0.4 is 10.1 Å². The Morgan fingerprint density at radius 2 is 2.47 bits per heavy atom. The zero-order valence-electron chi connectivity index (χ0n) is 8.69. The van der Waals surface area contributed by atoms with Gasteiger partial charge in [-0.15, -0.1) is 6.58 Å². The van der Waals surface area contributed by atoms with Gasteiger partial charge in [0.05, 0.1) is 19.9 Å². The maximum absolute atomic E-state index is 11.6. The molecule has 0 aromatic carbocycles. The number of nitrogens with one attached hydrogen (secondary N) is 1. The molecule has 4 heteroatoms. The zero-order valence-corrected chi connectivity index (χ0v) is 8.69. The molecule has 0 radical (unpaired) electrons. The van der Waals surface area contributed by atoms with Crippen LogP contribution in [0, 0.1) is 0 Å². The lowest BCUT2D eigenvalue weighted by molar-refractivity contribution is 0.0991. The summed E-state index contributed by atoms with van der Waals surface area (Å²) in [6, 6.07) is 1.67. The molecule has 0 aliphatic carbocycles. The summed E-state index contributed by atoms with van der Waals surface area (Å²) in [5.74, 6) is 0.577. The van der Waals surface area contributed by atoms with Crippen molar-refractivity contribution < 1.29 is 9.53 Å². The van der Waals surface area contributed by atoms with Crippen molar-refractivity contribution in [3.8, 4) is 5.75 Å². The molecule has 0 saturated carbocycles. The molecule has 0 atom stereocenters. The number of Topliss-reactive ketones (excluding diaryl/α,β-unsaturated/α-hetero) is 1. The molecule has 0 aliphatic rings. The van der Waals surface area contributed by atoms with Crippen LogP contribution in [0.5, 0.6) is 5.75 Å². The first kappa shape index (κ1) is 11.4. The molecule has 0 saturated heterocycles. The molecule has 4 nitrogen and oxygen atoms in total. The van der Waals surface area contributed by atoms with E-state index in [1.54, 1.807) is 25.4 Å². The first-order valence-electron chi connectivity index (χ1n) is 4.61. The van der Waals surface area contributed by atoms with E-state index < -0.39 is 0 Å². The Labute approximate surface area is 89.0 Å². The summed E-state index contributed by atoms with van der Waals surface area (Å²) in [6.45, 7) is 4.44. The van der Waals surface area contributed by atoms with Crippen molar-refractivity contribution in [1.29, 1.82) is 0 Å². The number of ketones is 1. The van der Waals surface area contributed by atoms with Gasteiger partial charge in [0.2, 0.25) is 0 Å². The zero-order chi connectivity index (χ0) is 11.1. The van der Waals surface area contributed by atoms with Gasteiger partial charge in [0.1, 0.15) is 5.75 Å². The number of hydrogen-bond acceptors (Lipinski definition) is 4. The van der Waals surface area contributed by atoms with Gasteiger partial charge in [-0.05, 0) is 6.07 Å². The predicted octanol–water partition coefficient (Wildman–Crippen LogP) is 1.05. The molecule has 1 N–H and O–H groups in total. The van der Waals surface area contributed by atoms with Gasteiger partial charge in [0.15, 0.2) is 5.78 Å². The van der Waals surface area contributed by atoms with Gasteiger partial charge in [-0.25, -0.2) is 0 Å². The topological polar surface area (TPSA) is 51.2 Å². The van der Waals surface area contributed by atoms with Crippen LogP contribution in [0.25, 0.3) is 0 Å². The minimum Gasteiger partial charge on any atom is -0.495 e. The summed E-state index contributed by atoms with van der Waals surface area (Å²) in [7, 11) is 1.54. The smallest absolute Gasteiger partial charge is 0.178 e. The number of pyridine rings is 1. The molecule has 80 valence electrons. The summed E-state index contributed by atoms with van der Waals surface area (Å²) in [6.07, 6.45) is 4.80. The Morgan fingerprint density at radius 1 is 1.67 bits per heavy atom. The van der Waals surface area contributed by atoms with Crippen LogP contribution in [0.4, 0.5) is 0 Å². The quantitative estimate of drug-likeness (QED) is 0.429. The third-order valence-corrected chi connectivity index (χ3v) is 1.85. The number of ether oxygens (including phenoxy) is 1. The van der Waals surface area contributed by atoms with Crippen LogP contribution in [-0.4, -0.2) is 31.0 Å². The van der Waals surface area contributed by atoms with Crippen molar-refractivity contribution in [3.05, 3.63) is 36.7 Å². The number of nitrogens with zero attached hydrogens (tertiary/aromatic N) is 1. The fraction of sp³-hybridized carbons (Fsp3) is 0.273. The third kappa shape index (κ3) is 3.52. The molecule has 1 rings (SSSR count). The van der Waals surface area contributed by atoms with Gasteiger partial charge in [0, 0.05) is 18.3 Å². The van der Waals surface area contributed by atoms with Crippen LogP contribution >= 0.6 is 0 Å². The van der Waals surface area contributed by atoms with Crippen molar-refractivity contribution in [2.24, 2.45) is 0 Å². The second kappa shape index (κ2) is 5.93. The van der Waals surface area contributed by atoms with E-state index >= 15 is 0 Å². The highest BCUT2D eigenvalue weighted by Gasteiger charge is 2.06. The number of aromatic nitrogens is 1. The van der Waals surface area contributed by atoms with Gasteiger partial charge in [-0.2, -0.15) is 0 Å². The number of carbonyl (C=O) groups excluding carboxylic acids is 1. The molecule has 15 heavy (non-hydrogen) atoms. The van der Waals surface area contributed by atoms with Gasteiger partial charge in [0.25, 0.3) is 0 Å². The van der Waals surface area contributed by atoms with Crippen LogP contribution in [0.3, 0.4) is 0 Å². The SMILES string of the molecule is C=CCNCC(=O)c1cncc(OC)c1. The van der Waals surface area contributed by atoms with E-state index in [-0.39, 0.29) is 12.3 Å². The number of hydrogen-bond donors (Lipinski definition) is 1. The van der Waals surface area contributed by atoms with Gasteiger partial charge in [-0.1, -0.05) is 6.08 Å². The van der Waals surface area contributed by atoms with E-state index in [1.165, 1.54) is 6.20 Å². The molecule has 0 fully saturated rings. The fourth-order valence-electron chi connectivity index (χ4n) is 1.07. The van der Waals surface area contributed by atoms with E-state index in [0.29, 0.717) is 17.9 Å². The highest BCUT2D eigenvalue weighted by Crippen LogP contribution is 2.10. The Morgan fingerprint density at radius 3 is 3.13 bits per heavy atom. The predicted molar refractivity (Wildman–Crippen MR) is 58.2 cm³/mol. The standard InChI is InChI=1S/C11H14N2O2/c1-3-4-12-8-11(14)9-5-10(15-2)7-13-6-9/h3,5-7,12H,1,4,8H2,2H3. The van der Waals surface area contributed by atoms with Crippen molar-refractivity contribution in [2.75, 3.05) is 20.2 Å². The highest BCUT2D eigenvalue weighted by atomic mass is 16.5. The Bertz CT molecular complexity index is 350. The maximum atomic E-state index is 11.6. The Kier molecular flexibility index (Phi) is 4.50. The van der Waals surface area contributed by atoms with Crippen molar-refractivity contribution in [1.82, 2.24) is 10.3 Å². The molecular formula is C11H14N2O2. The minimum absolute atomic E-state index is 0.0109. The van der Waals surface area contributed by atoms with E-state index in [9.17, 15) is 4.79 Å². The van der Waals surface area contributed by atoms with E-state index in [1.807, 2.05) is 0 Å². The summed E-state index contributed by atoms with van der Waals surface area (Å²) < 4.78 is 4.98. The molecule has 0 bridgehead atoms. The summed E-state index contributed by atoms with van der Waals surface area (Å²) in [5, 5.41) is 2.93. The van der Waals surface area contributed by atoms with Crippen molar-refractivity contribution in [2.45, 2.75) is 0 Å². The van der Waals surface area contributed by atoms with Crippen LogP contribution in [0.2, 0.25) is 0 Å². The molecule has 0 aliphatic heterocycles. The van der Waals surface area contributed by atoms with Gasteiger partial charge < -0.3 is 10.1 Å². The molecular weight excluding hydrogens is 192 g/mol. The lowest BCUT2D eigenvalue weighted by Gasteiger charge is -2.03. The lowest BCUT2D eigenvalue weighted by atomic mass is 10.2. The van der Waals surface area contributed by atoms with Crippen LogP contribution in [0.1, 0.15) is 10.4 Å². The minimum atomic E-state index is -0.0109.